The lowest BCUT2D eigenvalue weighted by Crippen LogP contribution is -2.34. The first-order valence-corrected chi connectivity index (χ1v) is 12.6. The van der Waals surface area contributed by atoms with Gasteiger partial charge in [-0.2, -0.15) is 16.7 Å². The maximum Gasteiger partial charge on any atom is 0.241 e. The fraction of sp³-hybridized carbons (Fsp3) is 0.360. The number of primary amides is 1. The molecule has 1 saturated heterocycles. The van der Waals surface area contributed by atoms with Crippen LogP contribution in [-0.4, -0.2) is 45.5 Å². The van der Waals surface area contributed by atoms with Crippen LogP contribution in [0.3, 0.4) is 0 Å². The zero-order valence-electron chi connectivity index (χ0n) is 19.8. The molecular weight excluding hydrogens is 446 g/mol. The highest BCUT2D eigenvalue weighted by atomic mass is 32.2. The van der Waals surface area contributed by atoms with E-state index in [0.717, 1.165) is 58.9 Å². The van der Waals surface area contributed by atoms with Crippen molar-refractivity contribution in [2.75, 3.05) is 40.5 Å². The summed E-state index contributed by atoms with van der Waals surface area (Å²) in [5.74, 6) is 3.38. The first-order valence-electron chi connectivity index (χ1n) is 11.5. The van der Waals surface area contributed by atoms with Crippen LogP contribution in [0.5, 0.6) is 0 Å². The Bertz CT molecular complexity index is 1240. The van der Waals surface area contributed by atoms with Crippen LogP contribution in [-0.2, 0) is 4.79 Å². The minimum atomic E-state index is -0.534. The van der Waals surface area contributed by atoms with Crippen LogP contribution in [0.25, 0.3) is 17.0 Å². The van der Waals surface area contributed by atoms with E-state index >= 15 is 0 Å². The van der Waals surface area contributed by atoms with Crippen molar-refractivity contribution >= 4 is 52.2 Å². The van der Waals surface area contributed by atoms with Gasteiger partial charge in [0.1, 0.15) is 11.6 Å². The second-order valence-corrected chi connectivity index (χ2v) is 9.64. The molecule has 1 atom stereocenters. The summed E-state index contributed by atoms with van der Waals surface area (Å²) in [4.78, 5) is 27.6. The van der Waals surface area contributed by atoms with Crippen LogP contribution >= 0.6 is 11.8 Å². The van der Waals surface area contributed by atoms with E-state index in [1.165, 1.54) is 6.08 Å². The number of nitrogens with one attached hydrogen (secondary N) is 1. The molecule has 4 rings (SSSR count). The van der Waals surface area contributed by atoms with Gasteiger partial charge in [-0.3, -0.25) is 4.79 Å². The number of nitrogens with zero attached hydrogens (tertiary/aromatic N) is 4. The molecule has 1 fully saturated rings. The molecule has 9 heteroatoms. The predicted molar refractivity (Wildman–Crippen MR) is 142 cm³/mol. The Morgan fingerprint density at radius 1 is 1.24 bits per heavy atom. The number of rotatable bonds is 7. The molecule has 5 N–H and O–H groups in total. The largest absolute Gasteiger partial charge is 0.368 e. The maximum atomic E-state index is 11.4. The molecule has 34 heavy (non-hydrogen) atoms. The van der Waals surface area contributed by atoms with Gasteiger partial charge in [-0.1, -0.05) is 25.1 Å². The van der Waals surface area contributed by atoms with E-state index in [1.807, 2.05) is 18.7 Å². The third-order valence-electron chi connectivity index (χ3n) is 6.03. The van der Waals surface area contributed by atoms with Gasteiger partial charge in [0.05, 0.1) is 17.3 Å². The quantitative estimate of drug-likeness (QED) is 0.439. The van der Waals surface area contributed by atoms with Crippen molar-refractivity contribution in [3.8, 4) is 0 Å². The van der Waals surface area contributed by atoms with Gasteiger partial charge in [0.2, 0.25) is 11.9 Å². The van der Waals surface area contributed by atoms with E-state index in [4.69, 9.17) is 16.5 Å². The second-order valence-electron chi connectivity index (χ2n) is 8.42. The summed E-state index contributed by atoms with van der Waals surface area (Å²) in [6, 6.07) is 8.44. The van der Waals surface area contributed by atoms with Crippen LogP contribution in [0.4, 0.5) is 17.6 Å². The number of para-hydroxylation sites is 1. The topological polar surface area (TPSA) is 123 Å². The van der Waals surface area contributed by atoms with Gasteiger partial charge < -0.3 is 21.7 Å². The normalized spacial score (nSPS) is 15.1. The molecule has 0 saturated carbocycles. The number of anilines is 3. The first kappa shape index (κ1) is 23.8. The first-order chi connectivity index (χ1) is 16.4. The Labute approximate surface area is 204 Å². The third kappa shape index (κ3) is 5.09. The molecule has 2 aromatic heterocycles. The minimum absolute atomic E-state index is 0.0728. The SMILES string of the molecule is CCC(Nc1nc(N)nc(C)c1/C=C/C(N)=O)c1cc2cccc(C)c2nc1N1CCSCC1. The fourth-order valence-electron chi connectivity index (χ4n) is 4.28. The van der Waals surface area contributed by atoms with E-state index in [-0.39, 0.29) is 12.0 Å². The molecule has 3 heterocycles. The number of carbonyl (C=O) groups excluding carboxylic acids is 1. The van der Waals surface area contributed by atoms with Crippen LogP contribution in [0.15, 0.2) is 30.3 Å². The Hall–Kier alpha value is -3.33. The van der Waals surface area contributed by atoms with Gasteiger partial charge in [0, 0.05) is 47.2 Å². The lowest BCUT2D eigenvalue weighted by Gasteiger charge is -2.32. The van der Waals surface area contributed by atoms with Crippen molar-refractivity contribution in [1.82, 2.24) is 15.0 Å². The van der Waals surface area contributed by atoms with Gasteiger partial charge in [-0.05, 0) is 38.0 Å². The number of nitrogens with two attached hydrogens (primary N) is 2. The third-order valence-corrected chi connectivity index (χ3v) is 6.97. The zero-order chi connectivity index (χ0) is 24.2. The zero-order valence-corrected chi connectivity index (χ0v) is 20.7. The monoisotopic (exact) mass is 477 g/mol. The number of amides is 1. The summed E-state index contributed by atoms with van der Waals surface area (Å²) in [5.41, 5.74) is 16.0. The van der Waals surface area contributed by atoms with Crippen LogP contribution in [0.2, 0.25) is 0 Å². The van der Waals surface area contributed by atoms with Crippen LogP contribution < -0.4 is 21.7 Å². The molecule has 1 aliphatic rings. The highest BCUT2D eigenvalue weighted by molar-refractivity contribution is 7.99. The number of aromatic nitrogens is 3. The van der Waals surface area contributed by atoms with Gasteiger partial charge in [0.25, 0.3) is 0 Å². The number of fused-ring (bicyclic) bond motifs is 1. The van der Waals surface area contributed by atoms with E-state index in [0.29, 0.717) is 17.1 Å². The number of benzene rings is 1. The number of thioether (sulfide) groups is 1. The highest BCUT2D eigenvalue weighted by Crippen LogP contribution is 2.35. The Balaban J connectivity index is 1.82. The van der Waals surface area contributed by atoms with Crippen molar-refractivity contribution in [3.05, 3.63) is 52.7 Å². The number of nitrogen functional groups attached to an aromatic ring is 1. The van der Waals surface area contributed by atoms with Gasteiger partial charge in [-0.15, -0.1) is 0 Å². The van der Waals surface area contributed by atoms with E-state index < -0.39 is 5.91 Å². The molecule has 1 aromatic carbocycles. The summed E-state index contributed by atoms with van der Waals surface area (Å²) in [6.45, 7) is 7.99. The van der Waals surface area contributed by atoms with Crippen molar-refractivity contribution in [2.45, 2.75) is 33.2 Å². The minimum Gasteiger partial charge on any atom is -0.368 e. The number of hydrogen-bond acceptors (Lipinski definition) is 8. The summed E-state index contributed by atoms with van der Waals surface area (Å²) < 4.78 is 0. The number of hydrogen-bond donors (Lipinski definition) is 3. The van der Waals surface area contributed by atoms with E-state index in [1.54, 1.807) is 6.08 Å². The second kappa shape index (κ2) is 10.3. The Morgan fingerprint density at radius 2 is 2.00 bits per heavy atom. The molecule has 1 unspecified atom stereocenters. The van der Waals surface area contributed by atoms with Crippen molar-refractivity contribution in [1.29, 1.82) is 0 Å². The summed E-state index contributed by atoms with van der Waals surface area (Å²) in [7, 11) is 0. The van der Waals surface area contributed by atoms with Crippen molar-refractivity contribution in [3.63, 3.8) is 0 Å². The molecule has 0 aliphatic carbocycles. The van der Waals surface area contributed by atoms with Crippen LogP contribution in [0, 0.1) is 13.8 Å². The Morgan fingerprint density at radius 3 is 2.71 bits per heavy atom. The average Bonchev–Trinajstić information content (AvgIpc) is 2.82. The standard InChI is InChI=1S/C25H31N7OS/c1-4-20(29-23-18(8-9-21(26)33)16(3)28-25(27)31-23)19-14-17-7-5-6-15(2)22(17)30-24(19)32-10-12-34-13-11-32/h5-9,14,20H,4,10-13H2,1-3H3,(H2,26,33)(H3,27,28,29,31)/b9-8+. The molecule has 1 aliphatic heterocycles. The smallest absolute Gasteiger partial charge is 0.241 e. The number of pyridine rings is 1. The van der Waals surface area contributed by atoms with Gasteiger partial charge in [0.15, 0.2) is 0 Å². The van der Waals surface area contributed by atoms with Gasteiger partial charge >= 0.3 is 0 Å². The number of aryl methyl sites for hydroxylation is 2. The summed E-state index contributed by atoms with van der Waals surface area (Å²) in [6.07, 6.45) is 3.75. The molecule has 3 aromatic rings. The molecule has 8 nitrogen and oxygen atoms in total. The number of carbonyl (C=O) groups is 1. The molecular formula is C25H31N7OS. The van der Waals surface area contributed by atoms with Crippen LogP contribution in [0.1, 0.15) is 41.8 Å². The molecule has 0 spiro atoms. The summed E-state index contributed by atoms with van der Waals surface area (Å²) >= 11 is 1.97. The molecule has 178 valence electrons. The van der Waals surface area contributed by atoms with Crippen molar-refractivity contribution in [2.24, 2.45) is 5.73 Å². The average molecular weight is 478 g/mol. The maximum absolute atomic E-state index is 11.4. The lowest BCUT2D eigenvalue weighted by atomic mass is 10.00. The van der Waals surface area contributed by atoms with E-state index in [9.17, 15) is 4.79 Å². The lowest BCUT2D eigenvalue weighted by molar-refractivity contribution is -0.113. The summed E-state index contributed by atoms with van der Waals surface area (Å²) in [5, 5.41) is 4.68. The molecule has 0 radical (unpaired) electrons. The highest BCUT2D eigenvalue weighted by Gasteiger charge is 2.24. The molecule has 1 amide bonds. The van der Waals surface area contributed by atoms with Crippen molar-refractivity contribution < 1.29 is 4.79 Å². The van der Waals surface area contributed by atoms with Gasteiger partial charge in [-0.25, -0.2) is 9.97 Å². The Kier molecular flexibility index (Phi) is 7.21. The molecule has 0 bridgehead atoms. The fourth-order valence-corrected chi connectivity index (χ4v) is 5.18. The predicted octanol–water partition coefficient (Wildman–Crippen LogP) is 3.84. The van der Waals surface area contributed by atoms with E-state index in [2.05, 4.69) is 58.3 Å².